The molecule has 0 bridgehead atoms. The predicted octanol–water partition coefficient (Wildman–Crippen LogP) is 1.54. The Balaban J connectivity index is 2.64. The molecule has 0 saturated carbocycles. The van der Waals surface area contributed by atoms with Crippen LogP contribution in [0.25, 0.3) is 11.0 Å². The number of carbonyl (C=O) groups is 1. The van der Waals surface area contributed by atoms with Gasteiger partial charge in [-0.3, -0.25) is 9.89 Å². The molecule has 13 heavy (non-hydrogen) atoms. The third-order valence-corrected chi connectivity index (χ3v) is 2.23. The lowest BCUT2D eigenvalue weighted by atomic mass is 10.2. The Morgan fingerprint density at radius 2 is 2.46 bits per heavy atom. The first-order valence-corrected chi connectivity index (χ1v) is 4.83. The Hall–Kier alpha value is -1.23. The molecule has 0 atom stereocenters. The number of pyridine rings is 1. The average molecular weight is 240 g/mol. The van der Waals surface area contributed by atoms with Crippen LogP contribution in [0.15, 0.2) is 18.3 Å². The van der Waals surface area contributed by atoms with Gasteiger partial charge in [0.15, 0.2) is 11.4 Å². The lowest BCUT2D eigenvalue weighted by molar-refractivity contribution is 0.102. The number of carbonyl (C=O) groups excluding carboxylic acids is 1. The second kappa shape index (κ2) is 3.26. The number of nitrogens with zero attached hydrogens (tertiary/aromatic N) is 2. The van der Waals surface area contributed by atoms with E-state index in [1.54, 1.807) is 12.3 Å². The number of ketones is 1. The number of nitrogens with one attached hydrogen (secondary N) is 1. The van der Waals surface area contributed by atoms with Crippen molar-refractivity contribution in [1.82, 2.24) is 15.2 Å². The molecule has 1 N–H and O–H groups in total. The van der Waals surface area contributed by atoms with Crippen LogP contribution in [-0.2, 0) is 0 Å². The maximum absolute atomic E-state index is 11.3. The standard InChI is InChI=1S/C8H6BrN3O/c9-4-6(13)7-5-2-1-3-10-8(5)12-11-7/h1-3H,4H2,(H,10,11,12). The number of aromatic nitrogens is 3. The van der Waals surface area contributed by atoms with Crippen LogP contribution in [0, 0.1) is 0 Å². The third kappa shape index (κ3) is 1.35. The van der Waals surface area contributed by atoms with Crippen LogP contribution in [0.3, 0.4) is 0 Å². The van der Waals surface area contributed by atoms with Crippen LogP contribution in [0.5, 0.6) is 0 Å². The second-order valence-electron chi connectivity index (χ2n) is 2.53. The van der Waals surface area contributed by atoms with E-state index in [1.165, 1.54) is 0 Å². The van der Waals surface area contributed by atoms with Gasteiger partial charge >= 0.3 is 0 Å². The summed E-state index contributed by atoms with van der Waals surface area (Å²) in [6.45, 7) is 0. The Morgan fingerprint density at radius 1 is 1.62 bits per heavy atom. The molecule has 0 radical (unpaired) electrons. The number of aromatic amines is 1. The van der Waals surface area contributed by atoms with Crippen molar-refractivity contribution in [3.63, 3.8) is 0 Å². The Kier molecular flexibility index (Phi) is 2.10. The van der Waals surface area contributed by atoms with Crippen molar-refractivity contribution in [1.29, 1.82) is 0 Å². The highest BCUT2D eigenvalue weighted by molar-refractivity contribution is 9.09. The molecule has 0 unspecified atom stereocenters. The minimum absolute atomic E-state index is 0.0424. The molecule has 2 aromatic heterocycles. The van der Waals surface area contributed by atoms with Gasteiger partial charge in [-0.2, -0.15) is 5.10 Å². The summed E-state index contributed by atoms with van der Waals surface area (Å²) in [6.07, 6.45) is 1.66. The van der Waals surface area contributed by atoms with Crippen molar-refractivity contribution in [3.8, 4) is 0 Å². The molecule has 0 fully saturated rings. The molecule has 0 amide bonds. The van der Waals surface area contributed by atoms with Crippen LogP contribution in [0.4, 0.5) is 0 Å². The summed E-state index contributed by atoms with van der Waals surface area (Å²) in [5.41, 5.74) is 1.09. The maximum Gasteiger partial charge on any atom is 0.194 e. The van der Waals surface area contributed by atoms with E-state index in [4.69, 9.17) is 0 Å². The van der Waals surface area contributed by atoms with Crippen molar-refractivity contribution in [2.75, 3.05) is 5.33 Å². The van der Waals surface area contributed by atoms with Crippen LogP contribution >= 0.6 is 15.9 Å². The van der Waals surface area contributed by atoms with E-state index in [-0.39, 0.29) is 11.1 Å². The first-order chi connectivity index (χ1) is 6.33. The summed E-state index contributed by atoms with van der Waals surface area (Å²) in [5, 5.41) is 7.65. The van der Waals surface area contributed by atoms with Crippen LogP contribution < -0.4 is 0 Å². The molecule has 2 heterocycles. The summed E-state index contributed by atoms with van der Waals surface area (Å²) in [4.78, 5) is 15.4. The highest BCUT2D eigenvalue weighted by Gasteiger charge is 2.12. The second-order valence-corrected chi connectivity index (χ2v) is 3.09. The first-order valence-electron chi connectivity index (χ1n) is 3.71. The fraction of sp³-hybridized carbons (Fsp3) is 0.125. The fourth-order valence-corrected chi connectivity index (χ4v) is 1.40. The van der Waals surface area contributed by atoms with Crippen molar-refractivity contribution in [2.24, 2.45) is 0 Å². The zero-order chi connectivity index (χ0) is 9.26. The van der Waals surface area contributed by atoms with E-state index in [0.717, 1.165) is 5.39 Å². The topological polar surface area (TPSA) is 58.6 Å². The Labute approximate surface area is 82.5 Å². The smallest absolute Gasteiger partial charge is 0.194 e. The van der Waals surface area contributed by atoms with Crippen molar-refractivity contribution < 1.29 is 4.79 Å². The summed E-state index contributed by atoms with van der Waals surface area (Å²) in [7, 11) is 0. The first kappa shape index (κ1) is 8.37. The van der Waals surface area contributed by atoms with Gasteiger partial charge in [0.05, 0.1) is 5.33 Å². The highest BCUT2D eigenvalue weighted by atomic mass is 79.9. The molecule has 0 aromatic carbocycles. The minimum Gasteiger partial charge on any atom is -0.291 e. The van der Waals surface area contributed by atoms with Crippen molar-refractivity contribution >= 4 is 32.7 Å². The van der Waals surface area contributed by atoms with Crippen molar-refractivity contribution in [2.45, 2.75) is 0 Å². The van der Waals surface area contributed by atoms with Gasteiger partial charge in [0.2, 0.25) is 0 Å². The quantitative estimate of drug-likeness (QED) is 0.639. The van der Waals surface area contributed by atoms with E-state index >= 15 is 0 Å². The Bertz CT molecular complexity index is 451. The van der Waals surface area contributed by atoms with Gasteiger partial charge in [0.1, 0.15) is 5.69 Å². The van der Waals surface area contributed by atoms with Gasteiger partial charge in [-0.1, -0.05) is 15.9 Å². The number of hydrogen-bond donors (Lipinski definition) is 1. The molecular formula is C8H6BrN3O. The zero-order valence-electron chi connectivity index (χ0n) is 6.62. The van der Waals surface area contributed by atoms with Gasteiger partial charge < -0.3 is 0 Å². The number of alkyl halides is 1. The van der Waals surface area contributed by atoms with Crippen LogP contribution in [-0.4, -0.2) is 26.3 Å². The lowest BCUT2D eigenvalue weighted by Crippen LogP contribution is -2.00. The van der Waals surface area contributed by atoms with E-state index < -0.39 is 0 Å². The van der Waals surface area contributed by atoms with E-state index in [9.17, 15) is 4.79 Å². The van der Waals surface area contributed by atoms with E-state index in [1.807, 2.05) is 6.07 Å². The largest absolute Gasteiger partial charge is 0.291 e. The summed E-state index contributed by atoms with van der Waals surface area (Å²) >= 11 is 3.10. The number of fused-ring (bicyclic) bond motifs is 1. The van der Waals surface area contributed by atoms with Gasteiger partial charge in [-0.15, -0.1) is 0 Å². The number of halogens is 1. The molecule has 2 rings (SSSR count). The minimum atomic E-state index is -0.0424. The molecule has 0 saturated heterocycles. The van der Waals surface area contributed by atoms with Gasteiger partial charge in [-0.05, 0) is 12.1 Å². The number of H-pyrrole nitrogens is 1. The summed E-state index contributed by atoms with van der Waals surface area (Å²) < 4.78 is 0. The monoisotopic (exact) mass is 239 g/mol. The average Bonchev–Trinajstić information content (AvgIpc) is 2.60. The zero-order valence-corrected chi connectivity index (χ0v) is 8.21. The normalized spacial score (nSPS) is 10.5. The van der Waals surface area contributed by atoms with Gasteiger partial charge in [0, 0.05) is 11.6 Å². The third-order valence-electron chi connectivity index (χ3n) is 1.72. The molecule has 0 aliphatic heterocycles. The SMILES string of the molecule is O=C(CBr)c1n[nH]c2ncccc12. The van der Waals surface area contributed by atoms with Crippen LogP contribution in [0.2, 0.25) is 0 Å². The molecule has 0 aliphatic rings. The predicted molar refractivity (Wildman–Crippen MR) is 52.0 cm³/mol. The maximum atomic E-state index is 11.3. The number of Topliss-reactive ketones (excluding diaryl/α,β-unsaturated/α-hetero) is 1. The Morgan fingerprint density at radius 3 is 3.23 bits per heavy atom. The van der Waals surface area contributed by atoms with Crippen LogP contribution in [0.1, 0.15) is 10.5 Å². The molecule has 66 valence electrons. The van der Waals surface area contributed by atoms with Gasteiger partial charge in [0.25, 0.3) is 0 Å². The molecule has 4 nitrogen and oxygen atoms in total. The van der Waals surface area contributed by atoms with Gasteiger partial charge in [-0.25, -0.2) is 4.98 Å². The molecule has 0 spiro atoms. The molecule has 2 aromatic rings. The molecule has 5 heteroatoms. The van der Waals surface area contributed by atoms with Crippen molar-refractivity contribution in [3.05, 3.63) is 24.0 Å². The summed E-state index contributed by atoms with van der Waals surface area (Å²) in [6, 6.07) is 3.60. The van der Waals surface area contributed by atoms with E-state index in [0.29, 0.717) is 11.3 Å². The summed E-state index contributed by atoms with van der Waals surface area (Å²) in [5.74, 6) is -0.0424. The number of rotatable bonds is 2. The highest BCUT2D eigenvalue weighted by Crippen LogP contribution is 2.13. The molecule has 0 aliphatic carbocycles. The molecular weight excluding hydrogens is 234 g/mol. The van der Waals surface area contributed by atoms with E-state index in [2.05, 4.69) is 31.1 Å². The fourth-order valence-electron chi connectivity index (χ4n) is 1.13. The lowest BCUT2D eigenvalue weighted by Gasteiger charge is -1.90. The number of hydrogen-bond acceptors (Lipinski definition) is 3.